The van der Waals surface area contributed by atoms with Crippen molar-refractivity contribution < 1.29 is 24.5 Å². The fraction of sp³-hybridized carbons (Fsp3) is 0.902. The van der Waals surface area contributed by atoms with Crippen LogP contribution in [0.25, 0.3) is 0 Å². The third kappa shape index (κ3) is 53.5. The number of rotatable bonds is 56. The lowest BCUT2D eigenvalue weighted by Gasteiger charge is -2.22. The first-order chi connectivity index (χ1) is 33.0. The van der Waals surface area contributed by atoms with Crippen molar-refractivity contribution in [2.75, 3.05) is 13.2 Å². The Morgan fingerprint density at radius 3 is 1.19 bits per heavy atom. The Balaban J connectivity index is 3.32. The van der Waals surface area contributed by atoms with Crippen molar-refractivity contribution in [2.45, 2.75) is 341 Å². The van der Waals surface area contributed by atoms with Gasteiger partial charge in [-0.25, -0.2) is 0 Å². The van der Waals surface area contributed by atoms with E-state index in [1.165, 1.54) is 244 Å². The number of allylic oxidation sites excluding steroid dienone is 4. The van der Waals surface area contributed by atoms with Gasteiger partial charge in [0.1, 0.15) is 0 Å². The molecule has 0 radical (unpaired) electrons. The molecule has 2 atom stereocenters. The quantitative estimate of drug-likeness (QED) is 0.0321. The number of aliphatic hydroxyl groups is 2. The summed E-state index contributed by atoms with van der Waals surface area (Å²) in [5, 5.41) is 23.2. The van der Waals surface area contributed by atoms with Gasteiger partial charge < -0.3 is 20.3 Å². The van der Waals surface area contributed by atoms with E-state index < -0.39 is 12.1 Å². The summed E-state index contributed by atoms with van der Waals surface area (Å²) in [7, 11) is 0. The van der Waals surface area contributed by atoms with E-state index in [1.54, 1.807) is 0 Å². The van der Waals surface area contributed by atoms with Crippen LogP contribution in [-0.4, -0.2) is 47.4 Å². The van der Waals surface area contributed by atoms with Crippen LogP contribution in [0.1, 0.15) is 328 Å². The molecule has 0 heterocycles. The first-order valence-electron chi connectivity index (χ1n) is 30.1. The van der Waals surface area contributed by atoms with E-state index in [0.717, 1.165) is 51.4 Å². The highest BCUT2D eigenvalue weighted by Gasteiger charge is 2.20. The third-order valence-electron chi connectivity index (χ3n) is 14.0. The molecule has 0 bridgehead atoms. The number of hydrogen-bond donors (Lipinski definition) is 3. The Labute approximate surface area is 418 Å². The van der Waals surface area contributed by atoms with Crippen LogP contribution in [-0.2, 0) is 14.3 Å². The molecule has 6 heteroatoms. The number of amides is 1. The number of carbonyl (C=O) groups excluding carboxylic acids is 2. The maximum atomic E-state index is 12.4. The lowest BCUT2D eigenvalue weighted by atomic mass is 10.0. The molecule has 0 aliphatic carbocycles. The molecule has 1 amide bonds. The Bertz CT molecular complexity index is 1040. The molecule has 0 aromatic heterocycles. The zero-order chi connectivity index (χ0) is 48.6. The number of unbranched alkanes of at least 4 members (excludes halogenated alkanes) is 41. The summed E-state index contributed by atoms with van der Waals surface area (Å²) in [5.41, 5.74) is 0. The van der Waals surface area contributed by atoms with Crippen molar-refractivity contribution in [1.29, 1.82) is 0 Å². The van der Waals surface area contributed by atoms with Crippen molar-refractivity contribution in [3.8, 4) is 0 Å². The molecule has 0 saturated carbocycles. The van der Waals surface area contributed by atoms with Crippen LogP contribution in [0.3, 0.4) is 0 Å². The Morgan fingerprint density at radius 1 is 0.418 bits per heavy atom. The number of aliphatic hydroxyl groups excluding tert-OH is 2. The molecule has 3 N–H and O–H groups in total. The van der Waals surface area contributed by atoms with Gasteiger partial charge in [-0.15, -0.1) is 0 Å². The molecule has 0 rings (SSSR count). The van der Waals surface area contributed by atoms with Gasteiger partial charge in [0.15, 0.2) is 0 Å². The first kappa shape index (κ1) is 65.3. The van der Waals surface area contributed by atoms with Gasteiger partial charge in [0.05, 0.1) is 25.4 Å². The molecule has 2 unspecified atom stereocenters. The van der Waals surface area contributed by atoms with E-state index >= 15 is 0 Å². The molecule has 0 aromatic rings. The number of nitrogens with one attached hydrogen (secondary N) is 1. The number of ether oxygens (including phenoxy) is 1. The predicted octanol–water partition coefficient (Wildman–Crippen LogP) is 18.6. The highest BCUT2D eigenvalue weighted by atomic mass is 16.5. The number of hydrogen-bond acceptors (Lipinski definition) is 5. The Kier molecular flexibility index (Phi) is 55.5. The summed E-state index contributed by atoms with van der Waals surface area (Å²) in [6, 6.07) is -0.537. The smallest absolute Gasteiger partial charge is 0.305 e. The van der Waals surface area contributed by atoms with Gasteiger partial charge in [0.25, 0.3) is 0 Å². The van der Waals surface area contributed by atoms with Crippen molar-refractivity contribution in [2.24, 2.45) is 0 Å². The summed E-state index contributed by atoms with van der Waals surface area (Å²) in [6.07, 6.45) is 69.1. The fourth-order valence-electron chi connectivity index (χ4n) is 9.39. The highest BCUT2D eigenvalue weighted by Crippen LogP contribution is 2.18. The van der Waals surface area contributed by atoms with Crippen molar-refractivity contribution in [3.63, 3.8) is 0 Å². The third-order valence-corrected chi connectivity index (χ3v) is 14.0. The van der Waals surface area contributed by atoms with E-state index in [-0.39, 0.29) is 18.5 Å². The van der Waals surface area contributed by atoms with Crippen LogP contribution in [0.4, 0.5) is 0 Å². The second-order valence-corrected chi connectivity index (χ2v) is 20.7. The Morgan fingerprint density at radius 2 is 0.776 bits per heavy atom. The van der Waals surface area contributed by atoms with Gasteiger partial charge in [-0.1, -0.05) is 289 Å². The molecule has 6 nitrogen and oxygen atoms in total. The summed E-state index contributed by atoms with van der Waals surface area (Å²) >= 11 is 0. The van der Waals surface area contributed by atoms with E-state index in [9.17, 15) is 19.8 Å². The van der Waals surface area contributed by atoms with Gasteiger partial charge >= 0.3 is 5.97 Å². The predicted molar refractivity (Wildman–Crippen MR) is 292 cm³/mol. The minimum absolute atomic E-state index is 0.00267. The zero-order valence-corrected chi connectivity index (χ0v) is 45.1. The number of esters is 1. The summed E-state index contributed by atoms with van der Waals surface area (Å²) in [5.74, 6) is -0.0304. The van der Waals surface area contributed by atoms with Gasteiger partial charge in [0, 0.05) is 12.8 Å². The number of carbonyl (C=O) groups is 2. The van der Waals surface area contributed by atoms with Crippen molar-refractivity contribution in [1.82, 2.24) is 5.32 Å². The maximum absolute atomic E-state index is 12.4. The Hall–Kier alpha value is -1.66. The van der Waals surface area contributed by atoms with Crippen molar-refractivity contribution in [3.05, 3.63) is 24.3 Å². The van der Waals surface area contributed by atoms with E-state index in [4.69, 9.17) is 4.74 Å². The van der Waals surface area contributed by atoms with Crippen LogP contribution < -0.4 is 5.32 Å². The molecule has 0 aliphatic heterocycles. The van der Waals surface area contributed by atoms with Crippen LogP contribution in [0.15, 0.2) is 24.3 Å². The molecule has 0 aromatic carbocycles. The second kappa shape index (κ2) is 56.9. The molecular weight excluding hydrogens is 827 g/mol. The maximum Gasteiger partial charge on any atom is 0.305 e. The SMILES string of the molecule is CCC/C=C\C/C=C\CCCCCCCC(=O)OCCCCCCCCCCCCCCCCCCCCCCCCCCCCCC(=O)NC(CO)C(O)CCCCCCCCCCCC. The minimum atomic E-state index is -0.660. The molecule has 0 aliphatic rings. The molecule has 396 valence electrons. The molecule has 0 saturated heterocycles. The first-order valence-corrected chi connectivity index (χ1v) is 30.1. The topological polar surface area (TPSA) is 95.9 Å². The molecule has 0 spiro atoms. The van der Waals surface area contributed by atoms with Crippen LogP contribution in [0.5, 0.6) is 0 Å². The normalized spacial score (nSPS) is 12.7. The second-order valence-electron chi connectivity index (χ2n) is 20.7. The van der Waals surface area contributed by atoms with Gasteiger partial charge in [-0.3, -0.25) is 9.59 Å². The lowest BCUT2D eigenvalue weighted by Crippen LogP contribution is -2.45. The zero-order valence-electron chi connectivity index (χ0n) is 45.1. The van der Waals surface area contributed by atoms with E-state index in [0.29, 0.717) is 25.9 Å². The molecule has 0 fully saturated rings. The highest BCUT2D eigenvalue weighted by molar-refractivity contribution is 5.76. The summed E-state index contributed by atoms with van der Waals surface area (Å²) in [6.45, 7) is 4.88. The largest absolute Gasteiger partial charge is 0.466 e. The fourth-order valence-corrected chi connectivity index (χ4v) is 9.39. The van der Waals surface area contributed by atoms with Crippen LogP contribution in [0, 0.1) is 0 Å². The van der Waals surface area contributed by atoms with Gasteiger partial charge in [-0.05, 0) is 51.4 Å². The standard InChI is InChI=1S/C61H117NO5/c1-3-5-7-9-11-13-15-31-35-39-43-47-51-55-61(66)67-56-52-48-44-40-36-33-30-28-26-24-22-20-18-16-17-19-21-23-25-27-29-32-34-38-42-46-50-54-60(65)62-58(57-63)59(64)53-49-45-41-37-14-12-10-8-6-4-2/h7,9,13,15,58-59,63-64H,3-6,8,10-12,14,16-57H2,1-2H3,(H,62,65)/b9-7-,15-13-. The van der Waals surface area contributed by atoms with E-state index in [2.05, 4.69) is 43.5 Å². The average Bonchev–Trinajstić information content (AvgIpc) is 3.33. The van der Waals surface area contributed by atoms with E-state index in [1.807, 2.05) is 0 Å². The van der Waals surface area contributed by atoms with Crippen LogP contribution >= 0.6 is 0 Å². The van der Waals surface area contributed by atoms with Crippen molar-refractivity contribution >= 4 is 11.9 Å². The van der Waals surface area contributed by atoms with Gasteiger partial charge in [-0.2, -0.15) is 0 Å². The van der Waals surface area contributed by atoms with Gasteiger partial charge in [0.2, 0.25) is 5.91 Å². The summed E-state index contributed by atoms with van der Waals surface area (Å²) < 4.78 is 5.47. The summed E-state index contributed by atoms with van der Waals surface area (Å²) in [4.78, 5) is 24.4. The minimum Gasteiger partial charge on any atom is -0.466 e. The lowest BCUT2D eigenvalue weighted by molar-refractivity contribution is -0.143. The monoisotopic (exact) mass is 944 g/mol. The molecular formula is C61H117NO5. The molecule has 67 heavy (non-hydrogen) atoms. The average molecular weight is 945 g/mol. The van der Waals surface area contributed by atoms with Crippen LogP contribution in [0.2, 0.25) is 0 Å².